The Morgan fingerprint density at radius 2 is 1.86 bits per heavy atom. The molecule has 2 heterocycles. The van der Waals surface area contributed by atoms with E-state index in [2.05, 4.69) is 35.8 Å². The minimum Gasteiger partial charge on any atom is -0.395 e. The van der Waals surface area contributed by atoms with Crippen molar-refractivity contribution in [2.45, 2.75) is 57.5 Å². The van der Waals surface area contributed by atoms with Crippen LogP contribution in [0.25, 0.3) is 0 Å². The molecule has 0 radical (unpaired) electrons. The van der Waals surface area contributed by atoms with E-state index in [1.807, 2.05) is 12.1 Å². The summed E-state index contributed by atoms with van der Waals surface area (Å²) in [5.41, 5.74) is 2.16. The smallest absolute Gasteiger partial charge is 0.213 e. The molecular formula is C22H32N2O3S. The van der Waals surface area contributed by atoms with E-state index in [1.54, 1.807) is 11.2 Å². The molecule has 28 heavy (non-hydrogen) atoms. The molecule has 1 N–H and O–H groups in total. The normalized spacial score (nSPS) is 26.3. The Bertz CT molecular complexity index is 810. The minimum absolute atomic E-state index is 0.0614. The lowest BCUT2D eigenvalue weighted by molar-refractivity contribution is -0.0553. The summed E-state index contributed by atoms with van der Waals surface area (Å²) < 4.78 is 26.7. The van der Waals surface area contributed by atoms with Crippen LogP contribution in [0.5, 0.6) is 0 Å². The SMILES string of the molecule is CCCC#Cc1ccc([C@H]2[C@H]3CN(S(=O)(=O)CC)CCCCN3[C@H]2CO)cc1. The van der Waals surface area contributed by atoms with Crippen LogP contribution in [-0.2, 0) is 10.0 Å². The van der Waals surface area contributed by atoms with Crippen molar-refractivity contribution in [2.24, 2.45) is 0 Å². The van der Waals surface area contributed by atoms with Gasteiger partial charge in [-0.15, -0.1) is 0 Å². The maximum Gasteiger partial charge on any atom is 0.213 e. The van der Waals surface area contributed by atoms with Crippen molar-refractivity contribution < 1.29 is 13.5 Å². The summed E-state index contributed by atoms with van der Waals surface area (Å²) in [6.45, 7) is 5.95. The molecule has 0 spiro atoms. The van der Waals surface area contributed by atoms with Gasteiger partial charge in [-0.2, -0.15) is 0 Å². The topological polar surface area (TPSA) is 60.9 Å². The van der Waals surface area contributed by atoms with E-state index in [4.69, 9.17) is 0 Å². The molecule has 2 saturated heterocycles. The van der Waals surface area contributed by atoms with Crippen LogP contribution in [0.3, 0.4) is 0 Å². The third kappa shape index (κ3) is 4.44. The van der Waals surface area contributed by atoms with Crippen molar-refractivity contribution in [3.8, 4) is 11.8 Å². The Balaban J connectivity index is 1.82. The molecule has 5 nitrogen and oxygen atoms in total. The zero-order valence-corrected chi connectivity index (χ0v) is 17.8. The molecule has 1 aromatic rings. The molecule has 0 amide bonds. The number of aliphatic hydroxyl groups excluding tert-OH is 1. The molecule has 2 fully saturated rings. The van der Waals surface area contributed by atoms with E-state index in [-0.39, 0.29) is 30.4 Å². The Morgan fingerprint density at radius 3 is 2.50 bits per heavy atom. The highest BCUT2D eigenvalue weighted by molar-refractivity contribution is 7.89. The Kier molecular flexibility index (Phi) is 7.16. The number of rotatable bonds is 5. The van der Waals surface area contributed by atoms with Gasteiger partial charge in [0.2, 0.25) is 10.0 Å². The third-order valence-electron chi connectivity index (χ3n) is 5.99. The van der Waals surface area contributed by atoms with Crippen molar-refractivity contribution in [3.63, 3.8) is 0 Å². The Morgan fingerprint density at radius 1 is 1.14 bits per heavy atom. The standard InChI is InChI=1S/C22H32N2O3S/c1-3-5-6-9-18-10-12-19(13-11-18)22-20-16-23(28(26,27)4-2)14-7-8-15-24(20)21(22)17-25/h10-13,20-22,25H,3-5,7-8,14-17H2,1-2H3/t20-,21+,22+/m1/s1. The third-order valence-corrected chi connectivity index (χ3v) is 7.84. The number of sulfonamides is 1. The van der Waals surface area contributed by atoms with Gasteiger partial charge in [-0.3, -0.25) is 4.90 Å². The average Bonchev–Trinajstić information content (AvgIpc) is 2.68. The van der Waals surface area contributed by atoms with Crippen molar-refractivity contribution in [2.75, 3.05) is 32.0 Å². The molecule has 154 valence electrons. The fraction of sp³-hybridized carbons (Fsp3) is 0.636. The second kappa shape index (κ2) is 9.41. The predicted molar refractivity (Wildman–Crippen MR) is 113 cm³/mol. The summed E-state index contributed by atoms with van der Waals surface area (Å²) in [5, 5.41) is 9.99. The molecule has 1 aromatic carbocycles. The van der Waals surface area contributed by atoms with Gasteiger partial charge < -0.3 is 5.11 Å². The number of fused-ring (bicyclic) bond motifs is 1. The van der Waals surface area contributed by atoms with Gasteiger partial charge in [0, 0.05) is 43.1 Å². The molecule has 6 heteroatoms. The lowest BCUT2D eigenvalue weighted by Gasteiger charge is -2.57. The van der Waals surface area contributed by atoms with Gasteiger partial charge in [-0.05, 0) is 50.4 Å². The van der Waals surface area contributed by atoms with E-state index < -0.39 is 10.0 Å². The van der Waals surface area contributed by atoms with Gasteiger partial charge in [0.1, 0.15) is 0 Å². The van der Waals surface area contributed by atoms with Gasteiger partial charge in [0.25, 0.3) is 0 Å². The number of hydrogen-bond donors (Lipinski definition) is 1. The molecule has 3 atom stereocenters. The first-order valence-corrected chi connectivity index (χ1v) is 12.1. The molecule has 0 saturated carbocycles. The molecule has 2 aliphatic heterocycles. The Hall–Kier alpha value is -1.39. The second-order valence-electron chi connectivity index (χ2n) is 7.72. The maximum atomic E-state index is 12.5. The first kappa shape index (κ1) is 21.3. The van der Waals surface area contributed by atoms with E-state index >= 15 is 0 Å². The van der Waals surface area contributed by atoms with Crippen LogP contribution in [0, 0.1) is 11.8 Å². The van der Waals surface area contributed by atoms with Crippen molar-refractivity contribution in [1.82, 2.24) is 9.21 Å². The number of benzene rings is 1. The van der Waals surface area contributed by atoms with Gasteiger partial charge in [0.05, 0.1) is 12.4 Å². The van der Waals surface area contributed by atoms with E-state index in [0.717, 1.165) is 43.4 Å². The maximum absolute atomic E-state index is 12.5. The molecule has 0 unspecified atom stereocenters. The molecule has 0 aliphatic carbocycles. The Labute approximate surface area is 169 Å². The van der Waals surface area contributed by atoms with Crippen LogP contribution in [0.2, 0.25) is 0 Å². The molecule has 2 aliphatic rings. The lowest BCUT2D eigenvalue weighted by atomic mass is 9.74. The molecular weight excluding hydrogens is 372 g/mol. The van der Waals surface area contributed by atoms with Crippen LogP contribution < -0.4 is 0 Å². The largest absolute Gasteiger partial charge is 0.395 e. The second-order valence-corrected chi connectivity index (χ2v) is 9.98. The molecule has 0 bridgehead atoms. The zero-order chi connectivity index (χ0) is 20.1. The number of aliphatic hydroxyl groups is 1. The summed E-state index contributed by atoms with van der Waals surface area (Å²) in [5.74, 6) is 6.64. The van der Waals surface area contributed by atoms with Gasteiger partial charge in [-0.1, -0.05) is 30.9 Å². The van der Waals surface area contributed by atoms with Gasteiger partial charge >= 0.3 is 0 Å². The van der Waals surface area contributed by atoms with Crippen LogP contribution in [-0.4, -0.2) is 66.8 Å². The van der Waals surface area contributed by atoms with E-state index in [0.29, 0.717) is 13.1 Å². The van der Waals surface area contributed by atoms with Crippen LogP contribution >= 0.6 is 0 Å². The number of unbranched alkanes of at least 4 members (excludes halogenated alkanes) is 1. The zero-order valence-electron chi connectivity index (χ0n) is 17.0. The fourth-order valence-electron chi connectivity index (χ4n) is 4.42. The van der Waals surface area contributed by atoms with Crippen molar-refractivity contribution >= 4 is 10.0 Å². The highest BCUT2D eigenvalue weighted by Crippen LogP contribution is 2.42. The van der Waals surface area contributed by atoms with E-state index in [9.17, 15) is 13.5 Å². The highest BCUT2D eigenvalue weighted by atomic mass is 32.2. The predicted octanol–water partition coefficient (Wildman–Crippen LogP) is 2.41. The van der Waals surface area contributed by atoms with Crippen molar-refractivity contribution in [3.05, 3.63) is 35.4 Å². The van der Waals surface area contributed by atoms with Crippen molar-refractivity contribution in [1.29, 1.82) is 0 Å². The summed E-state index contributed by atoms with van der Waals surface area (Å²) in [6, 6.07) is 8.45. The first-order chi connectivity index (χ1) is 13.5. The monoisotopic (exact) mass is 404 g/mol. The lowest BCUT2D eigenvalue weighted by Crippen LogP contribution is -2.67. The average molecular weight is 405 g/mol. The number of hydrogen-bond acceptors (Lipinski definition) is 4. The summed E-state index contributed by atoms with van der Waals surface area (Å²) in [4.78, 5) is 2.30. The van der Waals surface area contributed by atoms with Crippen LogP contribution in [0.1, 0.15) is 56.6 Å². The summed E-state index contributed by atoms with van der Waals surface area (Å²) >= 11 is 0. The summed E-state index contributed by atoms with van der Waals surface area (Å²) in [7, 11) is -3.21. The number of nitrogens with zero attached hydrogens (tertiary/aromatic N) is 2. The minimum atomic E-state index is -3.21. The van der Waals surface area contributed by atoms with Crippen LogP contribution in [0.15, 0.2) is 24.3 Å². The van der Waals surface area contributed by atoms with Gasteiger partial charge in [0.15, 0.2) is 0 Å². The fourth-order valence-corrected chi connectivity index (χ4v) is 5.57. The summed E-state index contributed by atoms with van der Waals surface area (Å²) in [6.07, 6.45) is 3.79. The molecule has 0 aromatic heterocycles. The first-order valence-electron chi connectivity index (χ1n) is 10.4. The quantitative estimate of drug-likeness (QED) is 0.766. The van der Waals surface area contributed by atoms with Gasteiger partial charge in [-0.25, -0.2) is 12.7 Å². The van der Waals surface area contributed by atoms with E-state index in [1.165, 1.54) is 0 Å². The van der Waals surface area contributed by atoms with Crippen LogP contribution in [0.4, 0.5) is 0 Å². The highest BCUT2D eigenvalue weighted by Gasteiger charge is 2.49. The molecule has 3 rings (SSSR count).